The van der Waals surface area contributed by atoms with Crippen molar-refractivity contribution in [2.75, 3.05) is 13.2 Å². The van der Waals surface area contributed by atoms with E-state index in [-0.39, 0.29) is 11.7 Å². The molecule has 0 fully saturated rings. The zero-order chi connectivity index (χ0) is 14.7. The number of Topliss-reactive ketones (excluding diaryl/α,β-unsaturated/α-hetero) is 1. The van der Waals surface area contributed by atoms with E-state index < -0.39 is 0 Å². The molecule has 0 bridgehead atoms. The van der Waals surface area contributed by atoms with Gasteiger partial charge in [0.2, 0.25) is 0 Å². The quantitative estimate of drug-likeness (QED) is 0.799. The van der Waals surface area contributed by atoms with Gasteiger partial charge in [0.15, 0.2) is 17.3 Å². The van der Waals surface area contributed by atoms with Crippen LogP contribution in [-0.4, -0.2) is 19.0 Å². The molecule has 0 saturated heterocycles. The van der Waals surface area contributed by atoms with Gasteiger partial charge in [0.1, 0.15) is 13.2 Å². The highest BCUT2D eigenvalue weighted by Gasteiger charge is 2.17. The molecular weight excluding hydrogens is 264 g/mol. The summed E-state index contributed by atoms with van der Waals surface area (Å²) in [6.07, 6.45) is 0.490. The predicted molar refractivity (Wildman–Crippen MR) is 81.2 cm³/mol. The van der Waals surface area contributed by atoms with E-state index in [1.54, 1.807) is 6.07 Å². The van der Waals surface area contributed by atoms with Gasteiger partial charge in [-0.1, -0.05) is 37.3 Å². The molecule has 0 radical (unpaired) electrons. The van der Waals surface area contributed by atoms with Crippen molar-refractivity contribution < 1.29 is 14.3 Å². The summed E-state index contributed by atoms with van der Waals surface area (Å²) in [5.74, 6) is 1.71. The second-order valence-electron chi connectivity index (χ2n) is 5.30. The normalized spacial score (nSPS) is 14.5. The van der Waals surface area contributed by atoms with Crippen LogP contribution in [0, 0.1) is 0 Å². The highest BCUT2D eigenvalue weighted by molar-refractivity contribution is 5.97. The Morgan fingerprint density at radius 3 is 2.52 bits per heavy atom. The number of hydrogen-bond donors (Lipinski definition) is 0. The third-order valence-electron chi connectivity index (χ3n) is 3.72. The molecule has 0 unspecified atom stereocenters. The van der Waals surface area contributed by atoms with Crippen LogP contribution in [0.3, 0.4) is 0 Å². The Hall–Kier alpha value is -2.29. The number of rotatable bonds is 4. The molecule has 2 aromatic rings. The van der Waals surface area contributed by atoms with Crippen molar-refractivity contribution in [1.29, 1.82) is 0 Å². The largest absolute Gasteiger partial charge is 0.486 e. The van der Waals surface area contributed by atoms with Gasteiger partial charge in [-0.3, -0.25) is 4.79 Å². The lowest BCUT2D eigenvalue weighted by Gasteiger charge is -2.19. The molecule has 0 aromatic heterocycles. The summed E-state index contributed by atoms with van der Waals surface area (Å²) in [4.78, 5) is 12.4. The van der Waals surface area contributed by atoms with Gasteiger partial charge in [0.25, 0.3) is 0 Å². The average Bonchev–Trinajstić information content (AvgIpc) is 2.55. The van der Waals surface area contributed by atoms with Gasteiger partial charge in [0.05, 0.1) is 0 Å². The molecule has 2 aromatic carbocycles. The van der Waals surface area contributed by atoms with Gasteiger partial charge >= 0.3 is 0 Å². The maximum atomic E-state index is 12.4. The third-order valence-corrected chi connectivity index (χ3v) is 3.72. The molecule has 1 atom stereocenters. The minimum Gasteiger partial charge on any atom is -0.486 e. The highest BCUT2D eigenvalue weighted by atomic mass is 16.6. The van der Waals surface area contributed by atoms with Crippen molar-refractivity contribution in [2.24, 2.45) is 0 Å². The fourth-order valence-electron chi connectivity index (χ4n) is 2.51. The van der Waals surface area contributed by atoms with E-state index in [1.165, 1.54) is 5.56 Å². The van der Waals surface area contributed by atoms with E-state index >= 15 is 0 Å². The Labute approximate surface area is 124 Å². The van der Waals surface area contributed by atoms with Gasteiger partial charge in [-0.2, -0.15) is 0 Å². The molecule has 0 N–H and O–H groups in total. The van der Waals surface area contributed by atoms with E-state index in [9.17, 15) is 4.79 Å². The summed E-state index contributed by atoms with van der Waals surface area (Å²) in [7, 11) is 0. The van der Waals surface area contributed by atoms with Crippen LogP contribution in [0.15, 0.2) is 48.5 Å². The van der Waals surface area contributed by atoms with Crippen LogP contribution in [0.5, 0.6) is 11.5 Å². The monoisotopic (exact) mass is 282 g/mol. The SMILES string of the molecule is C[C@@H](CC(=O)c1ccc2c(c1)OCCO2)c1ccccc1. The van der Waals surface area contributed by atoms with Gasteiger partial charge in [-0.15, -0.1) is 0 Å². The Morgan fingerprint density at radius 2 is 1.76 bits per heavy atom. The zero-order valence-electron chi connectivity index (χ0n) is 12.0. The smallest absolute Gasteiger partial charge is 0.163 e. The lowest BCUT2D eigenvalue weighted by atomic mass is 9.93. The van der Waals surface area contributed by atoms with E-state index in [4.69, 9.17) is 9.47 Å². The van der Waals surface area contributed by atoms with Crippen LogP contribution < -0.4 is 9.47 Å². The Morgan fingerprint density at radius 1 is 1.05 bits per heavy atom. The fourth-order valence-corrected chi connectivity index (χ4v) is 2.51. The Kier molecular flexibility index (Phi) is 3.91. The molecule has 108 valence electrons. The summed E-state index contributed by atoms with van der Waals surface area (Å²) >= 11 is 0. The first-order chi connectivity index (χ1) is 10.2. The summed E-state index contributed by atoms with van der Waals surface area (Å²) < 4.78 is 11.0. The van der Waals surface area contributed by atoms with Gasteiger partial charge in [0, 0.05) is 12.0 Å². The maximum absolute atomic E-state index is 12.4. The first kappa shape index (κ1) is 13.7. The van der Waals surface area contributed by atoms with Crippen LogP contribution in [0.1, 0.15) is 35.2 Å². The maximum Gasteiger partial charge on any atom is 0.163 e. The van der Waals surface area contributed by atoms with E-state index in [0.717, 1.165) is 0 Å². The van der Waals surface area contributed by atoms with E-state index in [0.29, 0.717) is 36.7 Å². The van der Waals surface area contributed by atoms with E-state index in [2.05, 4.69) is 19.1 Å². The molecule has 1 heterocycles. The summed E-state index contributed by atoms with van der Waals surface area (Å²) in [5, 5.41) is 0. The molecule has 0 amide bonds. The summed E-state index contributed by atoms with van der Waals surface area (Å²) in [6.45, 7) is 3.17. The molecule has 3 rings (SSSR count). The van der Waals surface area contributed by atoms with Crippen LogP contribution >= 0.6 is 0 Å². The van der Waals surface area contributed by atoms with E-state index in [1.807, 2.05) is 30.3 Å². The summed E-state index contributed by atoms with van der Waals surface area (Å²) in [6, 6.07) is 15.5. The van der Waals surface area contributed by atoms with Gasteiger partial charge in [-0.05, 0) is 29.7 Å². The minimum absolute atomic E-state index is 0.128. The minimum atomic E-state index is 0.128. The number of carbonyl (C=O) groups excluding carboxylic acids is 1. The molecule has 0 aliphatic carbocycles. The first-order valence-electron chi connectivity index (χ1n) is 7.22. The van der Waals surface area contributed by atoms with Crippen molar-refractivity contribution in [3.63, 3.8) is 0 Å². The topological polar surface area (TPSA) is 35.5 Å². The fraction of sp³-hybridized carbons (Fsp3) is 0.278. The molecule has 1 aliphatic rings. The number of ketones is 1. The molecule has 1 aliphatic heterocycles. The zero-order valence-corrected chi connectivity index (χ0v) is 12.0. The van der Waals surface area contributed by atoms with Crippen molar-refractivity contribution in [1.82, 2.24) is 0 Å². The third kappa shape index (κ3) is 3.07. The van der Waals surface area contributed by atoms with Crippen LogP contribution in [0.4, 0.5) is 0 Å². The first-order valence-corrected chi connectivity index (χ1v) is 7.22. The molecule has 0 spiro atoms. The van der Waals surface area contributed by atoms with Crippen LogP contribution in [0.2, 0.25) is 0 Å². The predicted octanol–water partition coefficient (Wildman–Crippen LogP) is 3.83. The average molecular weight is 282 g/mol. The number of fused-ring (bicyclic) bond motifs is 1. The molecule has 3 nitrogen and oxygen atoms in total. The van der Waals surface area contributed by atoms with Crippen molar-refractivity contribution in [2.45, 2.75) is 19.3 Å². The van der Waals surface area contributed by atoms with Crippen molar-refractivity contribution in [3.05, 3.63) is 59.7 Å². The number of carbonyl (C=O) groups is 1. The number of benzene rings is 2. The highest BCUT2D eigenvalue weighted by Crippen LogP contribution is 2.32. The summed E-state index contributed by atoms with van der Waals surface area (Å²) in [5.41, 5.74) is 1.87. The van der Waals surface area contributed by atoms with Gasteiger partial charge < -0.3 is 9.47 Å². The number of hydrogen-bond acceptors (Lipinski definition) is 3. The Balaban J connectivity index is 1.73. The second-order valence-corrected chi connectivity index (χ2v) is 5.30. The molecule has 21 heavy (non-hydrogen) atoms. The van der Waals surface area contributed by atoms with Crippen molar-refractivity contribution in [3.8, 4) is 11.5 Å². The van der Waals surface area contributed by atoms with Crippen molar-refractivity contribution >= 4 is 5.78 Å². The van der Waals surface area contributed by atoms with Gasteiger partial charge in [-0.25, -0.2) is 0 Å². The second kappa shape index (κ2) is 6.00. The van der Waals surface area contributed by atoms with Crippen LogP contribution in [-0.2, 0) is 0 Å². The lowest BCUT2D eigenvalue weighted by Crippen LogP contribution is -2.16. The standard InChI is InChI=1S/C18H18O3/c1-13(14-5-3-2-4-6-14)11-16(19)15-7-8-17-18(12-15)21-10-9-20-17/h2-8,12-13H,9-11H2,1H3/t13-/m0/s1. The lowest BCUT2D eigenvalue weighted by molar-refractivity contribution is 0.0974. The molecular formula is C18H18O3. The molecule has 0 saturated carbocycles. The Bertz CT molecular complexity index is 634. The number of ether oxygens (including phenoxy) is 2. The van der Waals surface area contributed by atoms with Crippen LogP contribution in [0.25, 0.3) is 0 Å². The molecule has 3 heteroatoms.